The van der Waals surface area contributed by atoms with Gasteiger partial charge in [0, 0.05) is 25.7 Å². The third kappa shape index (κ3) is 7.45. The molecule has 1 rings (SSSR count). The Kier molecular flexibility index (Phi) is 6.75. The molecular weight excluding hydrogens is 269 g/mol. The van der Waals surface area contributed by atoms with E-state index in [0.717, 1.165) is 19.4 Å². The van der Waals surface area contributed by atoms with E-state index in [2.05, 4.69) is 12.2 Å². The summed E-state index contributed by atoms with van der Waals surface area (Å²) in [4.78, 5) is 1.32. The van der Waals surface area contributed by atoms with Crippen molar-refractivity contribution >= 4 is 0 Å². The number of hydrogen-bond donors (Lipinski definition) is 2. The minimum absolute atomic E-state index is 0.0717. The quantitative estimate of drug-likeness (QED) is 0.650. The molecule has 120 valence electrons. The second-order valence-corrected chi connectivity index (χ2v) is 6.27. The topological polar surface area (TPSA) is 35.5 Å². The summed E-state index contributed by atoms with van der Waals surface area (Å²) in [6, 6.07) is 0.556. The van der Waals surface area contributed by atoms with Gasteiger partial charge in [0.05, 0.1) is 13.2 Å². The SMILES string of the molecule is CCCC(C)(CNC1CC1)CN(CCO)CC(F)(F)F. The Morgan fingerprint density at radius 3 is 2.35 bits per heavy atom. The first-order valence-corrected chi connectivity index (χ1v) is 7.41. The van der Waals surface area contributed by atoms with E-state index in [1.54, 1.807) is 0 Å². The summed E-state index contributed by atoms with van der Waals surface area (Å²) in [6.07, 6.45) is -0.0449. The Balaban J connectivity index is 2.56. The lowest BCUT2D eigenvalue weighted by molar-refractivity contribution is -0.149. The van der Waals surface area contributed by atoms with Crippen molar-refractivity contribution in [2.75, 3.05) is 32.8 Å². The highest BCUT2D eigenvalue weighted by Gasteiger charge is 2.35. The number of rotatable bonds is 10. The molecule has 0 heterocycles. The second kappa shape index (κ2) is 7.61. The standard InChI is InChI=1S/C14H27F3N2O/c1-3-6-13(2,9-18-12-4-5-12)10-19(7-8-20)11-14(15,16)17/h12,18,20H,3-11H2,1-2H3. The minimum atomic E-state index is -4.22. The van der Waals surface area contributed by atoms with Gasteiger partial charge in [-0.15, -0.1) is 0 Å². The van der Waals surface area contributed by atoms with E-state index in [1.807, 2.05) is 6.92 Å². The highest BCUT2D eigenvalue weighted by molar-refractivity contribution is 4.87. The van der Waals surface area contributed by atoms with E-state index >= 15 is 0 Å². The molecule has 20 heavy (non-hydrogen) atoms. The molecule has 0 aromatic heterocycles. The molecule has 1 atom stereocenters. The maximum atomic E-state index is 12.6. The van der Waals surface area contributed by atoms with Crippen molar-refractivity contribution < 1.29 is 18.3 Å². The predicted octanol–water partition coefficient (Wildman–Crippen LogP) is 2.40. The van der Waals surface area contributed by atoms with Gasteiger partial charge < -0.3 is 10.4 Å². The van der Waals surface area contributed by atoms with Gasteiger partial charge in [0.1, 0.15) is 0 Å². The van der Waals surface area contributed by atoms with Gasteiger partial charge in [0.2, 0.25) is 0 Å². The van der Waals surface area contributed by atoms with E-state index < -0.39 is 12.7 Å². The molecule has 1 aliphatic rings. The smallest absolute Gasteiger partial charge is 0.395 e. The molecule has 1 aliphatic carbocycles. The van der Waals surface area contributed by atoms with Gasteiger partial charge in [-0.3, -0.25) is 4.90 Å². The van der Waals surface area contributed by atoms with Crippen LogP contribution in [0.1, 0.15) is 39.5 Å². The van der Waals surface area contributed by atoms with Gasteiger partial charge >= 0.3 is 6.18 Å². The number of alkyl halides is 3. The Bertz CT molecular complexity index is 282. The van der Waals surface area contributed by atoms with Crippen molar-refractivity contribution in [1.82, 2.24) is 10.2 Å². The third-order valence-corrected chi connectivity index (χ3v) is 3.67. The fraction of sp³-hybridized carbons (Fsp3) is 1.00. The van der Waals surface area contributed by atoms with Gasteiger partial charge in [0.25, 0.3) is 0 Å². The van der Waals surface area contributed by atoms with Crippen LogP contribution in [0.2, 0.25) is 0 Å². The van der Waals surface area contributed by atoms with Gasteiger partial charge in [-0.25, -0.2) is 0 Å². The second-order valence-electron chi connectivity index (χ2n) is 6.27. The van der Waals surface area contributed by atoms with Crippen molar-refractivity contribution in [2.24, 2.45) is 5.41 Å². The minimum Gasteiger partial charge on any atom is -0.395 e. The first-order valence-electron chi connectivity index (χ1n) is 7.41. The van der Waals surface area contributed by atoms with Crippen LogP contribution < -0.4 is 5.32 Å². The fourth-order valence-corrected chi connectivity index (χ4v) is 2.65. The molecule has 1 saturated carbocycles. The zero-order chi connectivity index (χ0) is 15.2. The van der Waals surface area contributed by atoms with Gasteiger partial charge in [-0.1, -0.05) is 20.3 Å². The first kappa shape index (κ1) is 17.7. The molecule has 0 aromatic carbocycles. The first-order chi connectivity index (χ1) is 9.28. The monoisotopic (exact) mass is 296 g/mol. The van der Waals surface area contributed by atoms with E-state index in [9.17, 15) is 13.2 Å². The Morgan fingerprint density at radius 2 is 1.90 bits per heavy atom. The molecule has 0 saturated heterocycles. The van der Waals surface area contributed by atoms with E-state index in [4.69, 9.17) is 5.11 Å². The summed E-state index contributed by atoms with van der Waals surface area (Å²) < 4.78 is 37.7. The van der Waals surface area contributed by atoms with Crippen molar-refractivity contribution in [3.63, 3.8) is 0 Å². The van der Waals surface area contributed by atoms with E-state index in [0.29, 0.717) is 12.6 Å². The van der Waals surface area contributed by atoms with Crippen LogP contribution in [-0.4, -0.2) is 55.0 Å². The summed E-state index contributed by atoms with van der Waals surface area (Å²) in [6.45, 7) is 4.07. The molecule has 2 N–H and O–H groups in total. The normalized spacial score (nSPS) is 19.4. The molecule has 0 radical (unpaired) electrons. The van der Waals surface area contributed by atoms with Gasteiger partial charge in [-0.2, -0.15) is 13.2 Å². The van der Waals surface area contributed by atoms with Crippen LogP contribution in [-0.2, 0) is 0 Å². The van der Waals surface area contributed by atoms with E-state index in [1.165, 1.54) is 17.7 Å². The maximum absolute atomic E-state index is 12.6. The zero-order valence-electron chi connectivity index (χ0n) is 12.5. The molecule has 1 fully saturated rings. The zero-order valence-corrected chi connectivity index (χ0v) is 12.5. The molecule has 6 heteroatoms. The van der Waals surface area contributed by atoms with Crippen molar-refractivity contribution in [1.29, 1.82) is 0 Å². The predicted molar refractivity (Wildman–Crippen MR) is 73.6 cm³/mol. The number of aliphatic hydroxyl groups excluding tert-OH is 1. The molecule has 0 aromatic rings. The third-order valence-electron chi connectivity index (χ3n) is 3.67. The number of halogens is 3. The lowest BCUT2D eigenvalue weighted by Gasteiger charge is -2.36. The molecule has 3 nitrogen and oxygen atoms in total. The Morgan fingerprint density at radius 1 is 1.25 bits per heavy atom. The fourth-order valence-electron chi connectivity index (χ4n) is 2.65. The molecule has 1 unspecified atom stereocenters. The molecule has 0 amide bonds. The highest BCUT2D eigenvalue weighted by atomic mass is 19.4. The number of hydrogen-bond acceptors (Lipinski definition) is 3. The summed E-state index contributed by atoms with van der Waals surface area (Å²) >= 11 is 0. The highest BCUT2D eigenvalue weighted by Crippen LogP contribution is 2.28. The van der Waals surface area contributed by atoms with Crippen LogP contribution in [0.3, 0.4) is 0 Å². The van der Waals surface area contributed by atoms with Crippen molar-refractivity contribution in [2.45, 2.75) is 51.7 Å². The van der Waals surface area contributed by atoms with Crippen LogP contribution >= 0.6 is 0 Å². The number of nitrogens with zero attached hydrogens (tertiary/aromatic N) is 1. The Hall–Kier alpha value is -0.330. The average Bonchev–Trinajstić information content (AvgIpc) is 3.08. The molecule has 0 spiro atoms. The van der Waals surface area contributed by atoms with E-state index in [-0.39, 0.29) is 18.6 Å². The van der Waals surface area contributed by atoms with Crippen LogP contribution in [0.5, 0.6) is 0 Å². The van der Waals surface area contributed by atoms with Crippen molar-refractivity contribution in [3.05, 3.63) is 0 Å². The van der Waals surface area contributed by atoms with Crippen LogP contribution in [0.15, 0.2) is 0 Å². The Labute approximate surface area is 119 Å². The summed E-state index contributed by atoms with van der Waals surface area (Å²) in [5.74, 6) is 0. The summed E-state index contributed by atoms with van der Waals surface area (Å²) in [5.41, 5.74) is -0.183. The lowest BCUT2D eigenvalue weighted by atomic mass is 9.84. The lowest BCUT2D eigenvalue weighted by Crippen LogP contribution is -2.46. The van der Waals surface area contributed by atoms with Crippen LogP contribution in [0.25, 0.3) is 0 Å². The largest absolute Gasteiger partial charge is 0.401 e. The molecule has 0 bridgehead atoms. The summed E-state index contributed by atoms with van der Waals surface area (Å²) in [5, 5.41) is 12.4. The van der Waals surface area contributed by atoms with Crippen LogP contribution in [0, 0.1) is 5.41 Å². The number of aliphatic hydroxyl groups is 1. The van der Waals surface area contributed by atoms with Gasteiger partial charge in [0.15, 0.2) is 0 Å². The van der Waals surface area contributed by atoms with Gasteiger partial charge in [-0.05, 0) is 24.7 Å². The number of nitrogens with one attached hydrogen (secondary N) is 1. The summed E-state index contributed by atoms with van der Waals surface area (Å²) in [7, 11) is 0. The average molecular weight is 296 g/mol. The molecule has 0 aliphatic heterocycles. The molecular formula is C14H27F3N2O. The van der Waals surface area contributed by atoms with Crippen LogP contribution in [0.4, 0.5) is 13.2 Å². The maximum Gasteiger partial charge on any atom is 0.401 e. The van der Waals surface area contributed by atoms with Crippen molar-refractivity contribution in [3.8, 4) is 0 Å².